The lowest BCUT2D eigenvalue weighted by atomic mass is 9.97. The van der Waals surface area contributed by atoms with Gasteiger partial charge in [0.25, 0.3) is 0 Å². The minimum atomic E-state index is -0.163. The topological polar surface area (TPSA) is 41.6 Å². The fourth-order valence-electron chi connectivity index (χ4n) is 3.05. The quantitative estimate of drug-likeness (QED) is 0.940. The SMILES string of the molecule is COc1ccc2cc([C@H](C)C(=O)NN3CCCCC3)ccc2c1. The first-order valence-corrected chi connectivity index (χ1v) is 8.30. The van der Waals surface area contributed by atoms with Gasteiger partial charge in [-0.15, -0.1) is 0 Å². The summed E-state index contributed by atoms with van der Waals surface area (Å²) in [5.74, 6) is 0.754. The number of methoxy groups -OCH3 is 1. The van der Waals surface area contributed by atoms with Gasteiger partial charge in [-0.1, -0.05) is 30.7 Å². The van der Waals surface area contributed by atoms with Crippen molar-refractivity contribution in [3.8, 4) is 5.75 Å². The number of piperidine rings is 1. The highest BCUT2D eigenvalue weighted by atomic mass is 16.5. The molecule has 1 atom stereocenters. The number of hydrogen-bond donors (Lipinski definition) is 1. The van der Waals surface area contributed by atoms with Gasteiger partial charge in [0.2, 0.25) is 5.91 Å². The number of nitrogens with one attached hydrogen (secondary N) is 1. The van der Waals surface area contributed by atoms with Crippen LogP contribution in [0.4, 0.5) is 0 Å². The first kappa shape index (κ1) is 15.8. The number of ether oxygens (including phenoxy) is 1. The molecule has 23 heavy (non-hydrogen) atoms. The number of rotatable bonds is 4. The van der Waals surface area contributed by atoms with Crippen molar-refractivity contribution in [2.75, 3.05) is 20.2 Å². The molecule has 0 saturated carbocycles. The molecule has 0 spiro atoms. The average molecular weight is 312 g/mol. The second kappa shape index (κ2) is 7.01. The molecule has 3 rings (SSSR count). The predicted molar refractivity (Wildman–Crippen MR) is 92.5 cm³/mol. The normalized spacial score (nSPS) is 17.0. The van der Waals surface area contributed by atoms with Gasteiger partial charge in [0.1, 0.15) is 5.75 Å². The lowest BCUT2D eigenvalue weighted by molar-refractivity contribution is -0.127. The average Bonchev–Trinajstić information content (AvgIpc) is 2.61. The molecule has 1 aliphatic rings. The summed E-state index contributed by atoms with van der Waals surface area (Å²) in [6.45, 7) is 3.87. The minimum Gasteiger partial charge on any atom is -0.497 e. The molecule has 1 saturated heterocycles. The molecule has 2 aromatic carbocycles. The van der Waals surface area contributed by atoms with E-state index in [0.29, 0.717) is 0 Å². The second-order valence-electron chi connectivity index (χ2n) is 6.22. The number of amides is 1. The molecule has 1 fully saturated rings. The zero-order valence-corrected chi connectivity index (χ0v) is 13.8. The van der Waals surface area contributed by atoms with Crippen LogP contribution >= 0.6 is 0 Å². The van der Waals surface area contributed by atoms with Crippen molar-refractivity contribution < 1.29 is 9.53 Å². The highest BCUT2D eigenvalue weighted by molar-refractivity contribution is 5.88. The molecule has 2 aromatic rings. The zero-order chi connectivity index (χ0) is 16.2. The number of hydrazine groups is 1. The van der Waals surface area contributed by atoms with E-state index in [9.17, 15) is 4.79 Å². The molecule has 1 aliphatic heterocycles. The van der Waals surface area contributed by atoms with E-state index in [1.807, 2.05) is 36.2 Å². The van der Waals surface area contributed by atoms with Crippen molar-refractivity contribution >= 4 is 16.7 Å². The smallest absolute Gasteiger partial charge is 0.241 e. The van der Waals surface area contributed by atoms with Crippen molar-refractivity contribution in [1.29, 1.82) is 0 Å². The Hall–Kier alpha value is -2.07. The van der Waals surface area contributed by atoms with E-state index in [1.165, 1.54) is 6.42 Å². The highest BCUT2D eigenvalue weighted by Gasteiger charge is 2.19. The number of hydrogen-bond acceptors (Lipinski definition) is 3. The molecule has 1 N–H and O–H groups in total. The summed E-state index contributed by atoms with van der Waals surface area (Å²) in [5, 5.41) is 4.30. The first-order chi connectivity index (χ1) is 11.2. The van der Waals surface area contributed by atoms with Crippen molar-refractivity contribution in [2.45, 2.75) is 32.1 Å². The molecule has 4 nitrogen and oxygen atoms in total. The molecule has 0 aromatic heterocycles. The van der Waals surface area contributed by atoms with Crippen molar-refractivity contribution in [3.63, 3.8) is 0 Å². The maximum Gasteiger partial charge on any atom is 0.241 e. The van der Waals surface area contributed by atoms with Crippen molar-refractivity contribution in [3.05, 3.63) is 42.0 Å². The third kappa shape index (κ3) is 3.64. The molecule has 0 bridgehead atoms. The second-order valence-corrected chi connectivity index (χ2v) is 6.22. The van der Waals surface area contributed by atoms with E-state index in [1.54, 1.807) is 7.11 Å². The van der Waals surface area contributed by atoms with Gasteiger partial charge in [-0.3, -0.25) is 10.2 Å². The van der Waals surface area contributed by atoms with Crippen LogP contribution in [-0.4, -0.2) is 31.1 Å². The van der Waals surface area contributed by atoms with Gasteiger partial charge in [0.05, 0.1) is 13.0 Å². The van der Waals surface area contributed by atoms with Crippen LogP contribution in [0.3, 0.4) is 0 Å². The first-order valence-electron chi connectivity index (χ1n) is 8.30. The van der Waals surface area contributed by atoms with Gasteiger partial charge in [0.15, 0.2) is 0 Å². The van der Waals surface area contributed by atoms with Crippen LogP contribution in [0.1, 0.15) is 37.7 Å². The number of carbonyl (C=O) groups is 1. The van der Waals surface area contributed by atoms with Crippen LogP contribution in [0.2, 0.25) is 0 Å². The molecule has 1 amide bonds. The Morgan fingerprint density at radius 3 is 2.52 bits per heavy atom. The maximum absolute atomic E-state index is 12.5. The summed E-state index contributed by atoms with van der Waals surface area (Å²) in [6.07, 6.45) is 3.58. The molecule has 4 heteroatoms. The standard InChI is InChI=1S/C19H24N2O2/c1-14(19(22)20-21-10-4-3-5-11-21)15-6-7-17-13-18(23-2)9-8-16(17)12-15/h6-9,12-14H,3-5,10-11H2,1-2H3,(H,20,22)/t14-/m0/s1. The van der Waals surface area contributed by atoms with E-state index in [2.05, 4.69) is 17.6 Å². The molecular formula is C19H24N2O2. The number of benzene rings is 2. The Kier molecular flexibility index (Phi) is 4.82. The van der Waals surface area contributed by atoms with Gasteiger partial charge in [-0.2, -0.15) is 0 Å². The van der Waals surface area contributed by atoms with Crippen LogP contribution < -0.4 is 10.2 Å². The fraction of sp³-hybridized carbons (Fsp3) is 0.421. The molecule has 122 valence electrons. The van der Waals surface area contributed by atoms with Gasteiger partial charge >= 0.3 is 0 Å². The highest BCUT2D eigenvalue weighted by Crippen LogP contribution is 2.25. The van der Waals surface area contributed by atoms with E-state index in [-0.39, 0.29) is 11.8 Å². The summed E-state index contributed by atoms with van der Waals surface area (Å²) >= 11 is 0. The Balaban J connectivity index is 1.74. The number of fused-ring (bicyclic) bond motifs is 1. The lowest BCUT2D eigenvalue weighted by Gasteiger charge is -2.28. The summed E-state index contributed by atoms with van der Waals surface area (Å²) in [4.78, 5) is 12.5. The Labute approximate surface area is 137 Å². The molecule has 0 unspecified atom stereocenters. The Morgan fingerprint density at radius 1 is 1.09 bits per heavy atom. The van der Waals surface area contributed by atoms with Gasteiger partial charge in [-0.25, -0.2) is 5.01 Å². The predicted octanol–water partition coefficient (Wildman–Crippen LogP) is 3.47. The van der Waals surface area contributed by atoms with Gasteiger partial charge in [0, 0.05) is 13.1 Å². The third-order valence-electron chi connectivity index (χ3n) is 4.59. The monoisotopic (exact) mass is 312 g/mol. The minimum absolute atomic E-state index is 0.0692. The van der Waals surface area contributed by atoms with Crippen LogP contribution in [-0.2, 0) is 4.79 Å². The van der Waals surface area contributed by atoms with Gasteiger partial charge in [-0.05, 0) is 48.2 Å². The van der Waals surface area contributed by atoms with Gasteiger partial charge < -0.3 is 4.74 Å². The van der Waals surface area contributed by atoms with Crippen molar-refractivity contribution in [1.82, 2.24) is 10.4 Å². The van der Waals surface area contributed by atoms with Crippen LogP contribution in [0.25, 0.3) is 10.8 Å². The maximum atomic E-state index is 12.5. The molecular weight excluding hydrogens is 288 g/mol. The molecule has 1 heterocycles. The molecule has 0 radical (unpaired) electrons. The van der Waals surface area contributed by atoms with E-state index in [4.69, 9.17) is 4.74 Å². The summed E-state index contributed by atoms with van der Waals surface area (Å²) < 4.78 is 5.25. The molecule has 0 aliphatic carbocycles. The van der Waals surface area contributed by atoms with Crippen LogP contribution in [0.15, 0.2) is 36.4 Å². The largest absolute Gasteiger partial charge is 0.497 e. The number of nitrogens with zero attached hydrogens (tertiary/aromatic N) is 1. The zero-order valence-electron chi connectivity index (χ0n) is 13.8. The summed E-state index contributed by atoms with van der Waals surface area (Å²) in [6, 6.07) is 12.2. The van der Waals surface area contributed by atoms with Crippen LogP contribution in [0, 0.1) is 0 Å². The van der Waals surface area contributed by atoms with E-state index < -0.39 is 0 Å². The number of carbonyl (C=O) groups excluding carboxylic acids is 1. The Morgan fingerprint density at radius 2 is 1.78 bits per heavy atom. The summed E-state index contributed by atoms with van der Waals surface area (Å²) in [5.41, 5.74) is 4.10. The fourth-order valence-corrected chi connectivity index (χ4v) is 3.05. The lowest BCUT2D eigenvalue weighted by Crippen LogP contribution is -2.46. The summed E-state index contributed by atoms with van der Waals surface area (Å²) in [7, 11) is 1.67. The Bertz CT molecular complexity index is 693. The van der Waals surface area contributed by atoms with Crippen LogP contribution in [0.5, 0.6) is 5.75 Å². The van der Waals surface area contributed by atoms with Crippen molar-refractivity contribution in [2.24, 2.45) is 0 Å². The van der Waals surface area contributed by atoms with E-state index in [0.717, 1.165) is 48.0 Å². The third-order valence-corrected chi connectivity index (χ3v) is 4.59. The van der Waals surface area contributed by atoms with E-state index >= 15 is 0 Å².